The monoisotopic (exact) mass is 270 g/mol. The van der Waals surface area contributed by atoms with Gasteiger partial charge in [-0.05, 0) is 12.1 Å². The molecule has 0 saturated carbocycles. The third-order valence-electron chi connectivity index (χ3n) is 2.51. The van der Waals surface area contributed by atoms with Crippen LogP contribution in [0.2, 0.25) is 0 Å². The average molecular weight is 270 g/mol. The van der Waals surface area contributed by atoms with E-state index in [1.165, 1.54) is 12.4 Å². The lowest BCUT2D eigenvalue weighted by Gasteiger charge is -2.03. The van der Waals surface area contributed by atoms with Crippen molar-refractivity contribution in [2.24, 2.45) is 7.05 Å². The van der Waals surface area contributed by atoms with Gasteiger partial charge in [-0.25, -0.2) is 0 Å². The minimum absolute atomic E-state index is 0.226. The number of nitrogens with one attached hydrogen (secondary N) is 1. The second kappa shape index (κ2) is 6.50. The summed E-state index contributed by atoms with van der Waals surface area (Å²) in [5.74, 6) is 4.98. The maximum absolute atomic E-state index is 12.0. The summed E-state index contributed by atoms with van der Waals surface area (Å²) in [7, 11) is 1.82. The molecule has 2 rings (SSSR count). The maximum atomic E-state index is 12.0. The summed E-state index contributed by atoms with van der Waals surface area (Å²) in [6, 6.07) is 3.46. The molecule has 0 spiro atoms. The van der Waals surface area contributed by atoms with Gasteiger partial charge in [0.2, 0.25) is 0 Å². The van der Waals surface area contributed by atoms with E-state index < -0.39 is 0 Å². The number of aliphatic hydroxyl groups is 1. The van der Waals surface area contributed by atoms with Crippen molar-refractivity contribution >= 4 is 5.91 Å². The molecule has 20 heavy (non-hydrogen) atoms. The van der Waals surface area contributed by atoms with E-state index in [2.05, 4.69) is 27.2 Å². The smallest absolute Gasteiger partial charge is 0.253 e. The fourth-order valence-corrected chi connectivity index (χ4v) is 1.60. The van der Waals surface area contributed by atoms with Crippen LogP contribution in [-0.2, 0) is 13.6 Å². The van der Waals surface area contributed by atoms with Crippen LogP contribution in [-0.4, -0.2) is 32.4 Å². The van der Waals surface area contributed by atoms with E-state index in [-0.39, 0.29) is 12.5 Å². The van der Waals surface area contributed by atoms with E-state index in [0.717, 1.165) is 5.69 Å². The lowest BCUT2D eigenvalue weighted by molar-refractivity contribution is 0.0950. The first-order valence-corrected chi connectivity index (χ1v) is 6.00. The van der Waals surface area contributed by atoms with Crippen LogP contribution in [0.4, 0.5) is 0 Å². The van der Waals surface area contributed by atoms with Crippen LogP contribution in [0.3, 0.4) is 0 Å². The molecule has 2 aromatic rings. The van der Waals surface area contributed by atoms with Crippen molar-refractivity contribution in [3.05, 3.63) is 47.5 Å². The van der Waals surface area contributed by atoms with E-state index in [1.807, 2.05) is 19.3 Å². The Bertz CT molecular complexity index is 667. The summed E-state index contributed by atoms with van der Waals surface area (Å²) in [6.45, 7) is 0.127. The van der Waals surface area contributed by atoms with Crippen LogP contribution >= 0.6 is 0 Å². The molecule has 2 aromatic heterocycles. The van der Waals surface area contributed by atoms with Crippen molar-refractivity contribution in [2.45, 2.75) is 6.54 Å². The highest BCUT2D eigenvalue weighted by molar-refractivity contribution is 5.94. The lowest BCUT2D eigenvalue weighted by atomic mass is 10.2. The van der Waals surface area contributed by atoms with Gasteiger partial charge in [0, 0.05) is 31.2 Å². The standard InChI is InChI=1S/C14H14N4O2/c1-18-5-4-13(17-18)10-16-14(20)12-7-11(3-2-6-19)8-15-9-12/h4-5,7-9,19H,6,10H2,1H3,(H,16,20). The van der Waals surface area contributed by atoms with Gasteiger partial charge in [-0.15, -0.1) is 0 Å². The topological polar surface area (TPSA) is 80.0 Å². The van der Waals surface area contributed by atoms with Crippen LogP contribution in [0, 0.1) is 11.8 Å². The molecule has 6 nitrogen and oxygen atoms in total. The van der Waals surface area contributed by atoms with Crippen LogP contribution < -0.4 is 5.32 Å². The van der Waals surface area contributed by atoms with Crippen molar-refractivity contribution in [2.75, 3.05) is 6.61 Å². The molecule has 1 amide bonds. The number of aryl methyl sites for hydroxylation is 1. The summed E-state index contributed by atoms with van der Waals surface area (Å²) >= 11 is 0. The van der Waals surface area contributed by atoms with Gasteiger partial charge < -0.3 is 10.4 Å². The van der Waals surface area contributed by atoms with Crippen LogP contribution in [0.15, 0.2) is 30.7 Å². The first kappa shape index (κ1) is 13.8. The highest BCUT2D eigenvalue weighted by Gasteiger charge is 2.07. The lowest BCUT2D eigenvalue weighted by Crippen LogP contribution is -2.23. The molecule has 0 bridgehead atoms. The molecule has 0 fully saturated rings. The number of pyridine rings is 1. The average Bonchev–Trinajstić information content (AvgIpc) is 2.88. The summed E-state index contributed by atoms with van der Waals surface area (Å²) in [4.78, 5) is 15.9. The number of nitrogens with zero attached hydrogens (tertiary/aromatic N) is 3. The molecule has 102 valence electrons. The largest absolute Gasteiger partial charge is 0.384 e. The Kier molecular flexibility index (Phi) is 4.47. The van der Waals surface area contributed by atoms with Gasteiger partial charge in [0.25, 0.3) is 5.91 Å². The Balaban J connectivity index is 2.01. The SMILES string of the molecule is Cn1ccc(CNC(=O)c2cncc(C#CCO)c2)n1. The third kappa shape index (κ3) is 3.67. The van der Waals surface area contributed by atoms with E-state index in [4.69, 9.17) is 5.11 Å². The molecule has 0 aromatic carbocycles. The Hall–Kier alpha value is -2.65. The van der Waals surface area contributed by atoms with Crippen LogP contribution in [0.25, 0.3) is 0 Å². The van der Waals surface area contributed by atoms with Gasteiger partial charge >= 0.3 is 0 Å². The molecule has 2 N–H and O–H groups in total. The maximum Gasteiger partial charge on any atom is 0.253 e. The first-order chi connectivity index (χ1) is 9.69. The fourth-order valence-electron chi connectivity index (χ4n) is 1.60. The highest BCUT2D eigenvalue weighted by Crippen LogP contribution is 2.02. The molecular formula is C14H14N4O2. The van der Waals surface area contributed by atoms with Crippen LogP contribution in [0.5, 0.6) is 0 Å². The second-order valence-electron chi connectivity index (χ2n) is 4.09. The summed E-state index contributed by atoms with van der Waals surface area (Å²) in [6.07, 6.45) is 4.82. The zero-order valence-corrected chi connectivity index (χ0v) is 11.0. The second-order valence-corrected chi connectivity index (χ2v) is 4.09. The van der Waals surface area contributed by atoms with Crippen molar-refractivity contribution in [1.82, 2.24) is 20.1 Å². The molecule has 0 aliphatic carbocycles. The molecule has 0 unspecified atom stereocenters. The third-order valence-corrected chi connectivity index (χ3v) is 2.51. The molecule has 0 aliphatic heterocycles. The van der Waals surface area contributed by atoms with E-state index in [0.29, 0.717) is 17.7 Å². The summed E-state index contributed by atoms with van der Waals surface area (Å²) in [5, 5.41) is 15.6. The molecule has 0 aliphatic rings. The van der Waals surface area contributed by atoms with Gasteiger partial charge in [-0.3, -0.25) is 14.5 Å². The number of carbonyl (C=O) groups is 1. The zero-order valence-electron chi connectivity index (χ0n) is 11.0. The number of hydrogen-bond acceptors (Lipinski definition) is 4. The van der Waals surface area contributed by atoms with Crippen molar-refractivity contribution in [3.8, 4) is 11.8 Å². The van der Waals surface area contributed by atoms with E-state index in [1.54, 1.807) is 10.7 Å². The molecular weight excluding hydrogens is 256 g/mol. The van der Waals surface area contributed by atoms with Crippen LogP contribution in [0.1, 0.15) is 21.6 Å². The normalized spacial score (nSPS) is 9.70. The number of aromatic nitrogens is 3. The minimum Gasteiger partial charge on any atom is -0.384 e. The van der Waals surface area contributed by atoms with Gasteiger partial charge in [-0.2, -0.15) is 5.10 Å². The number of carbonyl (C=O) groups excluding carboxylic acids is 1. The van der Waals surface area contributed by atoms with Crippen molar-refractivity contribution in [3.63, 3.8) is 0 Å². The molecule has 0 atom stereocenters. The number of aliphatic hydroxyl groups excluding tert-OH is 1. The number of amides is 1. The van der Waals surface area contributed by atoms with Gasteiger partial charge in [-0.1, -0.05) is 11.8 Å². The predicted molar refractivity (Wildman–Crippen MR) is 72.6 cm³/mol. The van der Waals surface area contributed by atoms with Crippen molar-refractivity contribution < 1.29 is 9.90 Å². The fraction of sp³-hybridized carbons (Fsp3) is 0.214. The quantitative estimate of drug-likeness (QED) is 0.775. The summed E-state index contributed by atoms with van der Waals surface area (Å²) < 4.78 is 1.67. The molecule has 6 heteroatoms. The highest BCUT2D eigenvalue weighted by atomic mass is 16.2. The van der Waals surface area contributed by atoms with Crippen molar-refractivity contribution in [1.29, 1.82) is 0 Å². The molecule has 0 saturated heterocycles. The Morgan fingerprint density at radius 1 is 1.50 bits per heavy atom. The van der Waals surface area contributed by atoms with E-state index in [9.17, 15) is 4.79 Å². The zero-order chi connectivity index (χ0) is 14.4. The first-order valence-electron chi connectivity index (χ1n) is 6.00. The summed E-state index contributed by atoms with van der Waals surface area (Å²) in [5.41, 5.74) is 1.79. The molecule has 2 heterocycles. The number of hydrogen-bond donors (Lipinski definition) is 2. The Labute approximate surface area is 116 Å². The minimum atomic E-state index is -0.240. The van der Waals surface area contributed by atoms with Gasteiger partial charge in [0.15, 0.2) is 0 Å². The van der Waals surface area contributed by atoms with Gasteiger partial charge in [0.1, 0.15) is 6.61 Å². The van der Waals surface area contributed by atoms with E-state index >= 15 is 0 Å². The molecule has 0 radical (unpaired) electrons. The number of rotatable bonds is 3. The van der Waals surface area contributed by atoms with Gasteiger partial charge in [0.05, 0.1) is 17.8 Å². The Morgan fingerprint density at radius 3 is 3.05 bits per heavy atom. The Morgan fingerprint density at radius 2 is 2.35 bits per heavy atom. The predicted octanol–water partition coefficient (Wildman–Crippen LogP) is 0.0889.